The van der Waals surface area contributed by atoms with Crippen LogP contribution in [0.4, 0.5) is 0 Å². The minimum absolute atomic E-state index is 0.0989. The molecule has 1 saturated carbocycles. The van der Waals surface area contributed by atoms with Crippen LogP contribution in [-0.2, 0) is 12.8 Å². The predicted octanol–water partition coefficient (Wildman–Crippen LogP) is 5.37. The molecule has 1 fully saturated rings. The second kappa shape index (κ2) is 9.55. The van der Waals surface area contributed by atoms with Gasteiger partial charge in [-0.25, -0.2) is 4.98 Å². The van der Waals surface area contributed by atoms with Crippen LogP contribution in [0.3, 0.4) is 0 Å². The zero-order chi connectivity index (χ0) is 20.8. The monoisotopic (exact) mass is 390 g/mol. The molecule has 1 aromatic heterocycles. The Morgan fingerprint density at radius 3 is 2.31 bits per heavy atom. The summed E-state index contributed by atoms with van der Waals surface area (Å²) in [5, 5.41) is 0. The number of aromatic nitrogens is 2. The predicted molar refractivity (Wildman–Crippen MR) is 119 cm³/mol. The van der Waals surface area contributed by atoms with Gasteiger partial charge in [-0.3, -0.25) is 9.36 Å². The molecule has 1 heterocycles. The van der Waals surface area contributed by atoms with Crippen molar-refractivity contribution in [3.63, 3.8) is 0 Å². The van der Waals surface area contributed by atoms with Crippen LogP contribution in [0.15, 0.2) is 59.4 Å². The van der Waals surface area contributed by atoms with Crippen LogP contribution in [-0.4, -0.2) is 16.7 Å². The zero-order valence-corrected chi connectivity index (χ0v) is 17.8. The molecule has 0 atom stereocenters. The van der Waals surface area contributed by atoms with E-state index in [9.17, 15) is 4.79 Å². The Morgan fingerprint density at radius 1 is 1.00 bits per heavy atom. The lowest BCUT2D eigenvalue weighted by Crippen LogP contribution is -2.28. The molecule has 4 heteroatoms. The third-order valence-electron chi connectivity index (χ3n) is 5.17. The van der Waals surface area contributed by atoms with Gasteiger partial charge in [0.25, 0.3) is 5.56 Å². The van der Waals surface area contributed by atoms with Crippen molar-refractivity contribution in [2.45, 2.75) is 52.5 Å². The average molecular weight is 391 g/mol. The normalized spacial score (nSPS) is 12.8. The van der Waals surface area contributed by atoms with Gasteiger partial charge in [0.1, 0.15) is 11.6 Å². The fourth-order valence-corrected chi connectivity index (χ4v) is 3.64. The molecule has 0 N–H and O–H groups in total. The third-order valence-corrected chi connectivity index (χ3v) is 5.17. The summed E-state index contributed by atoms with van der Waals surface area (Å²) in [6.45, 7) is 5.93. The molecule has 2 aromatic carbocycles. The lowest BCUT2D eigenvalue weighted by molar-refractivity contribution is 0.416. The Labute approximate surface area is 173 Å². The molecule has 0 aliphatic heterocycles. The largest absolute Gasteiger partial charge is 0.496 e. The minimum atomic E-state index is 0.0989. The fraction of sp³-hybridized carbons (Fsp3) is 0.360. The van der Waals surface area contributed by atoms with Gasteiger partial charge in [-0.2, -0.15) is 0 Å². The summed E-state index contributed by atoms with van der Waals surface area (Å²) in [7, 11) is 1.65. The lowest BCUT2D eigenvalue weighted by Gasteiger charge is -2.16. The van der Waals surface area contributed by atoms with Gasteiger partial charge in [-0.15, -0.1) is 0 Å². The van der Waals surface area contributed by atoms with E-state index >= 15 is 0 Å². The molecule has 0 unspecified atom stereocenters. The number of nitrogens with zero attached hydrogens (tertiary/aromatic N) is 2. The molecule has 1 aliphatic carbocycles. The molecule has 4 rings (SSSR count). The third kappa shape index (κ3) is 4.58. The Kier molecular flexibility index (Phi) is 6.86. The van der Waals surface area contributed by atoms with Gasteiger partial charge in [-0.05, 0) is 50.3 Å². The molecule has 29 heavy (non-hydrogen) atoms. The highest BCUT2D eigenvalue weighted by atomic mass is 16.5. The van der Waals surface area contributed by atoms with E-state index in [0.29, 0.717) is 12.5 Å². The number of methoxy groups -OCH3 is 1. The Morgan fingerprint density at radius 2 is 1.66 bits per heavy atom. The minimum Gasteiger partial charge on any atom is -0.496 e. The van der Waals surface area contributed by atoms with Gasteiger partial charge in [-0.1, -0.05) is 56.3 Å². The molecule has 1 aliphatic rings. The van der Waals surface area contributed by atoms with Crippen LogP contribution < -0.4 is 10.3 Å². The van der Waals surface area contributed by atoms with Crippen molar-refractivity contribution in [3.05, 3.63) is 81.9 Å². The first kappa shape index (κ1) is 20.8. The molecular weight excluding hydrogens is 360 g/mol. The summed E-state index contributed by atoms with van der Waals surface area (Å²) < 4.78 is 7.43. The van der Waals surface area contributed by atoms with Gasteiger partial charge < -0.3 is 4.74 Å². The highest BCUT2D eigenvalue weighted by Crippen LogP contribution is 2.36. The maximum atomic E-state index is 13.4. The van der Waals surface area contributed by atoms with Crippen molar-refractivity contribution >= 4 is 0 Å². The SMILES string of the molecule is CC.COc1ccccc1-c1nc(C)n(C2CC2)c(=O)c1CCc1ccccc1. The number of hydrogen-bond donors (Lipinski definition) is 0. The smallest absolute Gasteiger partial charge is 0.257 e. The average Bonchev–Trinajstić information content (AvgIpc) is 3.60. The first-order valence-corrected chi connectivity index (χ1v) is 10.5. The Bertz CT molecular complexity index is 1010. The van der Waals surface area contributed by atoms with Crippen molar-refractivity contribution in [1.29, 1.82) is 0 Å². The van der Waals surface area contributed by atoms with E-state index < -0.39 is 0 Å². The van der Waals surface area contributed by atoms with Crippen LogP contribution in [0.2, 0.25) is 0 Å². The summed E-state index contributed by atoms with van der Waals surface area (Å²) in [5.41, 5.74) is 3.73. The number of hydrogen-bond acceptors (Lipinski definition) is 3. The van der Waals surface area contributed by atoms with Crippen LogP contribution in [0.25, 0.3) is 11.3 Å². The van der Waals surface area contributed by atoms with Gasteiger partial charge in [0.2, 0.25) is 0 Å². The molecule has 0 saturated heterocycles. The van der Waals surface area contributed by atoms with E-state index in [1.165, 1.54) is 5.56 Å². The molecule has 152 valence electrons. The Hall–Kier alpha value is -2.88. The van der Waals surface area contributed by atoms with E-state index in [0.717, 1.165) is 47.7 Å². The van der Waals surface area contributed by atoms with Gasteiger partial charge in [0, 0.05) is 17.2 Å². The number of para-hydroxylation sites is 1. The molecular formula is C25H30N2O2. The molecule has 0 spiro atoms. The maximum Gasteiger partial charge on any atom is 0.257 e. The number of rotatable bonds is 6. The van der Waals surface area contributed by atoms with Crippen molar-refractivity contribution in [3.8, 4) is 17.0 Å². The van der Waals surface area contributed by atoms with Gasteiger partial charge in [0.15, 0.2) is 0 Å². The molecule has 4 nitrogen and oxygen atoms in total. The zero-order valence-electron chi connectivity index (χ0n) is 17.8. The topological polar surface area (TPSA) is 44.1 Å². The van der Waals surface area contributed by atoms with E-state index in [1.807, 2.05) is 67.8 Å². The van der Waals surface area contributed by atoms with Crippen molar-refractivity contribution < 1.29 is 4.74 Å². The van der Waals surface area contributed by atoms with Crippen molar-refractivity contribution in [2.75, 3.05) is 7.11 Å². The standard InChI is InChI=1S/C23H24N2O2.C2H6/c1-16-24-22(19-10-6-7-11-21(19)27-2)20(23(26)25(16)18-13-14-18)15-12-17-8-4-3-5-9-17;1-2/h3-11,18H,12-15H2,1-2H3;1-2H3. The van der Waals surface area contributed by atoms with E-state index in [2.05, 4.69) is 12.1 Å². The highest BCUT2D eigenvalue weighted by Gasteiger charge is 2.29. The van der Waals surface area contributed by atoms with Crippen molar-refractivity contribution in [2.24, 2.45) is 0 Å². The highest BCUT2D eigenvalue weighted by molar-refractivity contribution is 5.70. The summed E-state index contributed by atoms with van der Waals surface area (Å²) in [6, 6.07) is 18.4. The van der Waals surface area contributed by atoms with Gasteiger partial charge >= 0.3 is 0 Å². The van der Waals surface area contributed by atoms with Crippen LogP contribution in [0, 0.1) is 6.92 Å². The molecule has 0 radical (unpaired) electrons. The Balaban J connectivity index is 0.00000117. The second-order valence-corrected chi connectivity index (χ2v) is 7.08. The maximum absolute atomic E-state index is 13.4. The molecule has 0 amide bonds. The van der Waals surface area contributed by atoms with Crippen LogP contribution in [0.1, 0.15) is 49.7 Å². The summed E-state index contributed by atoms with van der Waals surface area (Å²) >= 11 is 0. The number of ether oxygens (including phenoxy) is 1. The van der Waals surface area contributed by atoms with E-state index in [-0.39, 0.29) is 5.56 Å². The second-order valence-electron chi connectivity index (χ2n) is 7.08. The molecule has 0 bridgehead atoms. The van der Waals surface area contributed by atoms with Crippen molar-refractivity contribution in [1.82, 2.24) is 9.55 Å². The number of benzene rings is 2. The van der Waals surface area contributed by atoms with Gasteiger partial charge in [0.05, 0.1) is 12.8 Å². The summed E-state index contributed by atoms with van der Waals surface area (Å²) in [5.74, 6) is 1.53. The van der Waals surface area contributed by atoms with E-state index in [1.54, 1.807) is 7.11 Å². The fourth-order valence-electron chi connectivity index (χ4n) is 3.64. The quantitative estimate of drug-likeness (QED) is 0.568. The van der Waals surface area contributed by atoms with E-state index in [4.69, 9.17) is 9.72 Å². The number of aryl methyl sites for hydroxylation is 2. The van der Waals surface area contributed by atoms with Crippen LogP contribution >= 0.6 is 0 Å². The van der Waals surface area contributed by atoms with Crippen LogP contribution in [0.5, 0.6) is 5.75 Å². The summed E-state index contributed by atoms with van der Waals surface area (Å²) in [6.07, 6.45) is 3.60. The summed E-state index contributed by atoms with van der Waals surface area (Å²) in [4.78, 5) is 18.2. The molecule has 3 aromatic rings. The first-order chi connectivity index (χ1) is 14.2. The first-order valence-electron chi connectivity index (χ1n) is 10.5. The lowest BCUT2D eigenvalue weighted by atomic mass is 9.99.